The van der Waals surface area contributed by atoms with Crippen LogP contribution in [0.5, 0.6) is 0 Å². The first kappa shape index (κ1) is 10.6. The van der Waals surface area contributed by atoms with Crippen molar-refractivity contribution in [3.63, 3.8) is 0 Å². The van der Waals surface area contributed by atoms with Crippen molar-refractivity contribution in [1.29, 1.82) is 5.26 Å². The third kappa shape index (κ3) is 2.78. The van der Waals surface area contributed by atoms with Gasteiger partial charge >= 0.3 is 0 Å². The number of rotatable bonds is 3. The predicted molar refractivity (Wildman–Crippen MR) is 61.8 cm³/mol. The van der Waals surface area contributed by atoms with E-state index in [2.05, 4.69) is 23.3 Å². The quantitative estimate of drug-likeness (QED) is 0.839. The molecule has 1 unspecified atom stereocenters. The van der Waals surface area contributed by atoms with Gasteiger partial charge in [-0.15, -0.1) is 11.3 Å². The van der Waals surface area contributed by atoms with Crippen molar-refractivity contribution in [2.24, 2.45) is 0 Å². The minimum absolute atomic E-state index is 0.614. The van der Waals surface area contributed by atoms with E-state index in [-0.39, 0.29) is 0 Å². The molecule has 1 aromatic heterocycles. The lowest BCUT2D eigenvalue weighted by molar-refractivity contribution is 0.398. The summed E-state index contributed by atoms with van der Waals surface area (Å²) in [5.74, 6) is 0. The molecule has 15 heavy (non-hydrogen) atoms. The Kier molecular flexibility index (Phi) is 3.37. The van der Waals surface area contributed by atoms with Crippen molar-refractivity contribution in [2.45, 2.75) is 19.0 Å². The summed E-state index contributed by atoms with van der Waals surface area (Å²) in [5, 5.41) is 14.1. The highest BCUT2D eigenvalue weighted by Gasteiger charge is 2.18. The summed E-state index contributed by atoms with van der Waals surface area (Å²) in [6, 6.07) is 4.74. The zero-order chi connectivity index (χ0) is 10.7. The fourth-order valence-electron chi connectivity index (χ4n) is 1.88. The predicted octanol–water partition coefficient (Wildman–Crippen LogP) is 1.41. The zero-order valence-corrected chi connectivity index (χ0v) is 9.68. The lowest BCUT2D eigenvalue weighted by atomic mass is 10.2. The minimum Gasteiger partial charge on any atom is -0.308 e. The van der Waals surface area contributed by atoms with Gasteiger partial charge in [-0.2, -0.15) is 5.26 Å². The SMILES string of the molecule is CN1CCC(NCc2cc(C#N)cs2)C1. The van der Waals surface area contributed by atoms with Crippen LogP contribution in [0.15, 0.2) is 11.4 Å². The molecule has 80 valence electrons. The third-order valence-corrected chi connectivity index (χ3v) is 3.68. The Labute approximate surface area is 94.3 Å². The molecule has 1 aromatic rings. The number of likely N-dealkylation sites (tertiary alicyclic amines) is 1. The first-order chi connectivity index (χ1) is 7.28. The second-order valence-corrected chi connectivity index (χ2v) is 5.04. The maximum atomic E-state index is 8.69. The van der Waals surface area contributed by atoms with Gasteiger partial charge in [-0.3, -0.25) is 0 Å². The van der Waals surface area contributed by atoms with Gasteiger partial charge in [0.15, 0.2) is 0 Å². The smallest absolute Gasteiger partial charge is 0.100 e. The fraction of sp³-hybridized carbons (Fsp3) is 0.545. The molecule has 1 atom stereocenters. The highest BCUT2D eigenvalue weighted by atomic mass is 32.1. The van der Waals surface area contributed by atoms with E-state index in [0.717, 1.165) is 18.7 Å². The molecule has 1 N–H and O–H groups in total. The van der Waals surface area contributed by atoms with Crippen LogP contribution in [0.4, 0.5) is 0 Å². The molecule has 2 heterocycles. The largest absolute Gasteiger partial charge is 0.308 e. The Morgan fingerprint density at radius 1 is 1.73 bits per heavy atom. The summed E-state index contributed by atoms with van der Waals surface area (Å²) in [6.07, 6.45) is 1.23. The Balaban J connectivity index is 1.81. The van der Waals surface area contributed by atoms with Crippen LogP contribution in [0.1, 0.15) is 16.9 Å². The molecule has 0 radical (unpaired) electrons. The van der Waals surface area contributed by atoms with E-state index in [1.807, 2.05) is 11.4 Å². The molecule has 0 aliphatic carbocycles. The van der Waals surface area contributed by atoms with Gasteiger partial charge in [0.1, 0.15) is 6.07 Å². The monoisotopic (exact) mass is 221 g/mol. The van der Waals surface area contributed by atoms with E-state index < -0.39 is 0 Å². The number of nitrogens with one attached hydrogen (secondary N) is 1. The highest BCUT2D eigenvalue weighted by molar-refractivity contribution is 7.10. The second-order valence-electron chi connectivity index (χ2n) is 4.04. The molecule has 1 aliphatic rings. The van der Waals surface area contributed by atoms with Crippen LogP contribution >= 0.6 is 11.3 Å². The molecule has 0 bridgehead atoms. The van der Waals surface area contributed by atoms with E-state index in [1.165, 1.54) is 17.8 Å². The second kappa shape index (κ2) is 4.75. The van der Waals surface area contributed by atoms with Crippen LogP contribution in [0.25, 0.3) is 0 Å². The van der Waals surface area contributed by atoms with Crippen LogP contribution in [-0.4, -0.2) is 31.1 Å². The molecule has 4 heteroatoms. The minimum atomic E-state index is 0.614. The summed E-state index contributed by atoms with van der Waals surface area (Å²) in [6.45, 7) is 3.22. The van der Waals surface area contributed by atoms with E-state index in [0.29, 0.717) is 6.04 Å². The first-order valence-corrected chi connectivity index (χ1v) is 6.05. The maximum Gasteiger partial charge on any atom is 0.100 e. The standard InChI is InChI=1S/C11H15N3S/c1-14-3-2-10(7-14)13-6-11-4-9(5-12)8-15-11/h4,8,10,13H,2-3,6-7H2,1H3. The van der Waals surface area contributed by atoms with E-state index in [1.54, 1.807) is 11.3 Å². The Hall–Kier alpha value is -0.890. The molecule has 2 rings (SSSR count). The van der Waals surface area contributed by atoms with Crippen molar-refractivity contribution in [3.05, 3.63) is 21.9 Å². The summed E-state index contributed by atoms with van der Waals surface area (Å²) >= 11 is 1.66. The van der Waals surface area contributed by atoms with Gasteiger partial charge in [0.05, 0.1) is 5.56 Å². The van der Waals surface area contributed by atoms with Gasteiger partial charge < -0.3 is 10.2 Å². The fourth-order valence-corrected chi connectivity index (χ4v) is 2.64. The molecule has 1 fully saturated rings. The topological polar surface area (TPSA) is 39.1 Å². The van der Waals surface area contributed by atoms with Crippen LogP contribution in [0.3, 0.4) is 0 Å². The molecule has 1 aliphatic heterocycles. The number of nitriles is 1. The summed E-state index contributed by atoms with van der Waals surface area (Å²) < 4.78 is 0. The summed E-state index contributed by atoms with van der Waals surface area (Å²) in [7, 11) is 2.15. The van der Waals surface area contributed by atoms with Crippen LogP contribution in [-0.2, 0) is 6.54 Å². The average molecular weight is 221 g/mol. The maximum absolute atomic E-state index is 8.69. The van der Waals surface area contributed by atoms with Gasteiger partial charge in [0.25, 0.3) is 0 Å². The Morgan fingerprint density at radius 2 is 2.60 bits per heavy atom. The Bertz CT molecular complexity index is 366. The van der Waals surface area contributed by atoms with Crippen molar-refractivity contribution < 1.29 is 0 Å². The molecular formula is C11H15N3S. The average Bonchev–Trinajstić information content (AvgIpc) is 2.83. The highest BCUT2D eigenvalue weighted by Crippen LogP contribution is 2.14. The Morgan fingerprint density at radius 3 is 3.20 bits per heavy atom. The molecule has 0 amide bonds. The zero-order valence-electron chi connectivity index (χ0n) is 8.86. The molecular weight excluding hydrogens is 206 g/mol. The molecule has 0 spiro atoms. The summed E-state index contributed by atoms with van der Waals surface area (Å²) in [4.78, 5) is 3.59. The van der Waals surface area contributed by atoms with Gasteiger partial charge in [-0.05, 0) is 26.1 Å². The van der Waals surface area contributed by atoms with Gasteiger partial charge in [-0.25, -0.2) is 0 Å². The van der Waals surface area contributed by atoms with Crippen molar-refractivity contribution >= 4 is 11.3 Å². The molecule has 0 saturated carbocycles. The van der Waals surface area contributed by atoms with Crippen molar-refractivity contribution in [3.8, 4) is 6.07 Å². The number of hydrogen-bond donors (Lipinski definition) is 1. The lowest BCUT2D eigenvalue weighted by Crippen LogP contribution is -2.30. The molecule has 3 nitrogen and oxygen atoms in total. The number of hydrogen-bond acceptors (Lipinski definition) is 4. The lowest BCUT2D eigenvalue weighted by Gasteiger charge is -2.11. The van der Waals surface area contributed by atoms with E-state index in [9.17, 15) is 0 Å². The van der Waals surface area contributed by atoms with Crippen LogP contribution < -0.4 is 5.32 Å². The third-order valence-electron chi connectivity index (χ3n) is 2.74. The summed E-state index contributed by atoms with van der Waals surface area (Å²) in [5.41, 5.74) is 0.778. The van der Waals surface area contributed by atoms with Gasteiger partial charge in [0, 0.05) is 29.4 Å². The van der Waals surface area contributed by atoms with Crippen molar-refractivity contribution in [2.75, 3.05) is 20.1 Å². The van der Waals surface area contributed by atoms with Gasteiger partial charge in [0.2, 0.25) is 0 Å². The number of likely N-dealkylation sites (N-methyl/N-ethyl adjacent to an activating group) is 1. The van der Waals surface area contributed by atoms with Crippen molar-refractivity contribution in [1.82, 2.24) is 10.2 Å². The van der Waals surface area contributed by atoms with Crippen LogP contribution in [0, 0.1) is 11.3 Å². The normalized spacial score (nSPS) is 21.7. The molecule has 1 saturated heterocycles. The van der Waals surface area contributed by atoms with E-state index >= 15 is 0 Å². The number of nitrogens with zero attached hydrogens (tertiary/aromatic N) is 2. The van der Waals surface area contributed by atoms with Crippen LogP contribution in [0.2, 0.25) is 0 Å². The van der Waals surface area contributed by atoms with Gasteiger partial charge in [-0.1, -0.05) is 0 Å². The van der Waals surface area contributed by atoms with E-state index in [4.69, 9.17) is 5.26 Å². The number of thiophene rings is 1. The first-order valence-electron chi connectivity index (χ1n) is 5.17. The molecule has 0 aromatic carbocycles.